The molecule has 0 saturated carbocycles. The molecule has 0 aromatic heterocycles. The monoisotopic (exact) mass is 598 g/mol. The molecule has 2 aromatic carbocycles. The van der Waals surface area contributed by atoms with Gasteiger partial charge in [-0.15, -0.1) is 0 Å². The second-order valence-corrected chi connectivity index (χ2v) is 12.4. The van der Waals surface area contributed by atoms with E-state index in [4.69, 9.17) is 4.74 Å². The van der Waals surface area contributed by atoms with Crippen LogP contribution in [0, 0.1) is 0 Å². The molecule has 0 saturated heterocycles. The summed E-state index contributed by atoms with van der Waals surface area (Å²) in [6, 6.07) is 9.02. The predicted octanol–water partition coefficient (Wildman–Crippen LogP) is 1.32. The first-order valence-electron chi connectivity index (χ1n) is 13.4. The van der Waals surface area contributed by atoms with E-state index in [0.717, 1.165) is 37.5 Å². The summed E-state index contributed by atoms with van der Waals surface area (Å²) in [5.74, 6) is 0.228. The number of ether oxygens (including phenoxy) is 1. The van der Waals surface area contributed by atoms with E-state index in [2.05, 4.69) is 6.92 Å². The molecule has 0 fully saturated rings. The Kier molecular flexibility index (Phi) is 20.9. The van der Waals surface area contributed by atoms with Crippen LogP contribution < -0.4 is 63.9 Å². The van der Waals surface area contributed by atoms with Crippen LogP contribution in [0.2, 0.25) is 0 Å². The first kappa shape index (κ1) is 39.1. The van der Waals surface area contributed by atoms with Gasteiger partial charge in [-0.2, -0.15) is 0 Å². The number of unbranched alkanes of at least 4 members (excludes halogenated alkanes) is 13. The quantitative estimate of drug-likeness (QED) is 0.136. The van der Waals surface area contributed by atoms with Crippen molar-refractivity contribution in [1.82, 2.24) is 0 Å². The molecule has 2 rings (SSSR count). The molecule has 7 nitrogen and oxygen atoms in total. The van der Waals surface area contributed by atoms with Crippen molar-refractivity contribution in [3.05, 3.63) is 48.0 Å². The number of hydrogen-bond acceptors (Lipinski definition) is 7. The van der Waals surface area contributed by atoms with Crippen molar-refractivity contribution in [2.24, 2.45) is 0 Å². The molecule has 0 unspecified atom stereocenters. The Labute approximate surface area is 280 Å². The van der Waals surface area contributed by atoms with Crippen LogP contribution in [0.4, 0.5) is 0 Å². The van der Waals surface area contributed by atoms with Crippen LogP contribution in [0.25, 0.3) is 0 Å². The Hall–Kier alpha value is 0.0600. The maximum absolute atomic E-state index is 11.5. The van der Waals surface area contributed by atoms with Gasteiger partial charge >= 0.3 is 59.1 Å². The van der Waals surface area contributed by atoms with E-state index < -0.39 is 30.0 Å². The van der Waals surface area contributed by atoms with E-state index in [1.807, 2.05) is 0 Å². The van der Waals surface area contributed by atoms with Crippen molar-refractivity contribution in [1.29, 1.82) is 0 Å². The number of aryl methyl sites for hydroxylation is 1. The molecule has 0 amide bonds. The van der Waals surface area contributed by atoms with Gasteiger partial charge in [-0.1, -0.05) is 103 Å². The van der Waals surface area contributed by atoms with Gasteiger partial charge in [0.25, 0.3) is 0 Å². The van der Waals surface area contributed by atoms with Gasteiger partial charge in [0.05, 0.1) is 9.79 Å². The van der Waals surface area contributed by atoms with Crippen LogP contribution in [-0.2, 0) is 26.7 Å². The summed E-state index contributed by atoms with van der Waals surface area (Å²) in [6.07, 6.45) is 18.0. The fraction of sp³-hybridized carbons (Fsp3) is 0.571. The molecule has 0 atom stereocenters. The normalized spacial score (nSPS) is 11.5. The first-order valence-corrected chi connectivity index (χ1v) is 16.3. The zero-order valence-corrected chi connectivity index (χ0v) is 29.5. The topological polar surface area (TPSA) is 124 Å². The van der Waals surface area contributed by atoms with Gasteiger partial charge in [-0.25, -0.2) is 16.8 Å². The number of rotatable bonds is 19. The van der Waals surface area contributed by atoms with E-state index >= 15 is 0 Å². The molecule has 208 valence electrons. The van der Waals surface area contributed by atoms with E-state index in [1.165, 1.54) is 88.8 Å². The van der Waals surface area contributed by atoms with Crippen LogP contribution in [0.1, 0.15) is 102 Å². The molecule has 2 aromatic rings. The van der Waals surface area contributed by atoms with Crippen molar-refractivity contribution >= 4 is 20.2 Å². The molecule has 0 spiro atoms. The molecule has 0 radical (unpaired) electrons. The van der Waals surface area contributed by atoms with E-state index in [9.17, 15) is 25.9 Å². The van der Waals surface area contributed by atoms with Crippen molar-refractivity contribution in [3.8, 4) is 11.5 Å². The average Bonchev–Trinajstić information content (AvgIpc) is 2.84. The zero-order valence-electron chi connectivity index (χ0n) is 23.8. The Bertz CT molecular complexity index is 1170. The summed E-state index contributed by atoms with van der Waals surface area (Å²) in [4.78, 5) is -0.883. The summed E-state index contributed by atoms with van der Waals surface area (Å²) in [6.45, 7) is 2.24. The van der Waals surface area contributed by atoms with E-state index in [0.29, 0.717) is 12.0 Å². The Morgan fingerprint density at radius 1 is 0.615 bits per heavy atom. The molecular weight excluding hydrogens is 558 g/mol. The third kappa shape index (κ3) is 16.3. The van der Waals surface area contributed by atoms with Crippen molar-refractivity contribution in [3.63, 3.8) is 0 Å². The predicted molar refractivity (Wildman–Crippen MR) is 143 cm³/mol. The molecule has 0 aliphatic heterocycles. The minimum absolute atomic E-state index is 0. The Morgan fingerprint density at radius 2 is 1.08 bits per heavy atom. The van der Waals surface area contributed by atoms with Gasteiger partial charge in [0.1, 0.15) is 31.7 Å². The molecule has 11 heteroatoms. The molecule has 0 bridgehead atoms. The maximum atomic E-state index is 11.5. The van der Waals surface area contributed by atoms with Crippen LogP contribution in [-0.4, -0.2) is 25.9 Å². The Balaban J connectivity index is 0.00000722. The second-order valence-electron chi connectivity index (χ2n) is 9.60. The molecule has 0 N–H and O–H groups in total. The van der Waals surface area contributed by atoms with Crippen LogP contribution >= 0.6 is 0 Å². The van der Waals surface area contributed by atoms with Crippen molar-refractivity contribution in [2.45, 2.75) is 113 Å². The smallest absolute Gasteiger partial charge is 0.744 e. The minimum atomic E-state index is -4.69. The SMILES string of the molecule is CCCCCCCCCCCCCCCCc1ccc(S(=O)(=O)[O-])cc1Oc1cccc(S(=O)(=O)[O-])c1.[Na+].[Na+]. The van der Waals surface area contributed by atoms with Gasteiger partial charge in [0.15, 0.2) is 0 Å². The first-order chi connectivity index (χ1) is 17.6. The number of benzene rings is 2. The summed E-state index contributed by atoms with van der Waals surface area (Å²) in [5.41, 5.74) is 0.710. The molecule has 0 aliphatic rings. The molecule has 39 heavy (non-hydrogen) atoms. The third-order valence-electron chi connectivity index (χ3n) is 6.45. The largest absolute Gasteiger partial charge is 1.00 e. The summed E-state index contributed by atoms with van der Waals surface area (Å²) in [5, 5.41) is 0. The van der Waals surface area contributed by atoms with E-state index in [-0.39, 0.29) is 70.6 Å². The fourth-order valence-corrected chi connectivity index (χ4v) is 5.31. The third-order valence-corrected chi connectivity index (χ3v) is 8.11. The summed E-state index contributed by atoms with van der Waals surface area (Å²) < 4.78 is 74.2. The van der Waals surface area contributed by atoms with Gasteiger partial charge in [-0.3, -0.25) is 0 Å². The summed E-state index contributed by atoms with van der Waals surface area (Å²) >= 11 is 0. The van der Waals surface area contributed by atoms with Crippen LogP contribution in [0.3, 0.4) is 0 Å². The Morgan fingerprint density at radius 3 is 1.56 bits per heavy atom. The average molecular weight is 599 g/mol. The molecule has 0 aliphatic carbocycles. The molecular formula is C28H40Na2O7S2. The van der Waals surface area contributed by atoms with Gasteiger partial charge < -0.3 is 13.8 Å². The number of hydrogen-bond donors (Lipinski definition) is 0. The van der Waals surface area contributed by atoms with Crippen molar-refractivity contribution < 1.29 is 89.8 Å². The molecule has 0 heterocycles. The van der Waals surface area contributed by atoms with E-state index in [1.54, 1.807) is 6.07 Å². The van der Waals surface area contributed by atoms with Gasteiger partial charge in [0, 0.05) is 0 Å². The fourth-order valence-electron chi connectivity index (χ4n) is 4.32. The maximum Gasteiger partial charge on any atom is 1.00 e. The van der Waals surface area contributed by atoms with Crippen molar-refractivity contribution in [2.75, 3.05) is 0 Å². The zero-order chi connectivity index (χ0) is 27.2. The standard InChI is InChI=1S/C28H42O7S2.2Na/c1-2-3-4-5-6-7-8-9-10-11-12-13-14-15-17-24-20-21-27(37(32,33)34)23-28(24)35-25-18-16-19-26(22-25)36(29,30)31;;/h16,18-23H,2-15,17H2,1H3,(H,29,30,31)(H,32,33,34);;/q;2*+1/p-2. The van der Waals surface area contributed by atoms with Crippen LogP contribution in [0.5, 0.6) is 11.5 Å². The van der Waals surface area contributed by atoms with Crippen LogP contribution in [0.15, 0.2) is 52.3 Å². The van der Waals surface area contributed by atoms with Gasteiger partial charge in [0.2, 0.25) is 0 Å². The minimum Gasteiger partial charge on any atom is -0.744 e. The second kappa shape index (κ2) is 20.9. The summed E-state index contributed by atoms with van der Waals surface area (Å²) in [7, 11) is -9.36. The van der Waals surface area contributed by atoms with Gasteiger partial charge in [-0.05, 0) is 48.7 Å².